The zero-order valence-corrected chi connectivity index (χ0v) is 14.9. The molecule has 0 amide bonds. The number of hydrogen-bond donors (Lipinski definition) is 2. The summed E-state index contributed by atoms with van der Waals surface area (Å²) in [6.45, 7) is 5.12. The SMILES string of the molecule is Cc1cc(C)c(S(=O)(=O)[O-])c(C)c1.Nc1cc(Br)cc[n+]1N. The fourth-order valence-corrected chi connectivity index (χ4v) is 3.32. The minimum atomic E-state index is -4.33. The second kappa shape index (κ2) is 7.08. The summed E-state index contributed by atoms with van der Waals surface area (Å²) >= 11 is 3.25. The maximum atomic E-state index is 10.8. The topological polar surface area (TPSA) is 113 Å². The quantitative estimate of drug-likeness (QED) is 0.437. The van der Waals surface area contributed by atoms with Gasteiger partial charge in [0.05, 0.1) is 4.90 Å². The summed E-state index contributed by atoms with van der Waals surface area (Å²) in [5.41, 5.74) is 7.43. The first-order valence-corrected chi connectivity index (χ1v) is 8.48. The van der Waals surface area contributed by atoms with Crippen LogP contribution in [0.25, 0.3) is 0 Å². The van der Waals surface area contributed by atoms with Gasteiger partial charge in [0.2, 0.25) is 0 Å². The third-order valence-electron chi connectivity index (χ3n) is 2.83. The highest BCUT2D eigenvalue weighted by molar-refractivity contribution is 9.10. The van der Waals surface area contributed by atoms with E-state index in [0.717, 1.165) is 10.0 Å². The Labute approximate surface area is 138 Å². The zero-order chi connectivity index (χ0) is 17.1. The number of nitrogen functional groups attached to an aromatic ring is 2. The third kappa shape index (κ3) is 4.97. The Morgan fingerprint density at radius 2 is 1.64 bits per heavy atom. The molecule has 120 valence electrons. The van der Waals surface area contributed by atoms with Crippen molar-refractivity contribution in [3.8, 4) is 0 Å². The summed E-state index contributed by atoms with van der Waals surface area (Å²) in [7, 11) is -4.33. The van der Waals surface area contributed by atoms with Crippen LogP contribution in [0, 0.1) is 20.8 Å². The molecule has 0 saturated carbocycles. The lowest BCUT2D eigenvalue weighted by Crippen LogP contribution is -2.46. The average molecular weight is 388 g/mol. The maximum Gasteiger partial charge on any atom is 0.296 e. The lowest BCUT2D eigenvalue weighted by atomic mass is 10.1. The molecule has 1 aromatic heterocycles. The molecule has 0 aliphatic rings. The van der Waals surface area contributed by atoms with Crippen LogP contribution in [0.4, 0.5) is 5.82 Å². The second-order valence-electron chi connectivity index (χ2n) is 4.86. The van der Waals surface area contributed by atoms with Crippen molar-refractivity contribution >= 4 is 31.9 Å². The van der Waals surface area contributed by atoms with E-state index in [9.17, 15) is 13.0 Å². The molecule has 0 atom stereocenters. The van der Waals surface area contributed by atoms with Crippen molar-refractivity contribution in [1.82, 2.24) is 0 Å². The van der Waals surface area contributed by atoms with Crippen molar-refractivity contribution in [3.05, 3.63) is 51.6 Å². The molecule has 4 N–H and O–H groups in total. The van der Waals surface area contributed by atoms with Crippen LogP contribution in [0.2, 0.25) is 0 Å². The van der Waals surface area contributed by atoms with Crippen molar-refractivity contribution in [2.75, 3.05) is 11.6 Å². The van der Waals surface area contributed by atoms with E-state index in [1.54, 1.807) is 38.2 Å². The van der Waals surface area contributed by atoms with Gasteiger partial charge in [0, 0.05) is 10.5 Å². The van der Waals surface area contributed by atoms with Gasteiger partial charge < -0.3 is 4.55 Å². The Morgan fingerprint density at radius 3 is 2.00 bits per heavy atom. The van der Waals surface area contributed by atoms with Crippen LogP contribution < -0.4 is 16.3 Å². The van der Waals surface area contributed by atoms with Gasteiger partial charge in [-0.05, 0) is 38.0 Å². The van der Waals surface area contributed by atoms with Crippen molar-refractivity contribution in [1.29, 1.82) is 0 Å². The largest absolute Gasteiger partial charge is 0.744 e. The Hall–Kier alpha value is -1.64. The molecule has 2 aromatic rings. The molecule has 0 aliphatic heterocycles. The van der Waals surface area contributed by atoms with Gasteiger partial charge in [-0.3, -0.25) is 11.6 Å². The third-order valence-corrected chi connectivity index (χ3v) is 4.47. The average Bonchev–Trinajstić information content (AvgIpc) is 2.31. The first kappa shape index (κ1) is 18.4. The van der Waals surface area contributed by atoms with Crippen LogP contribution in [0.15, 0.2) is 39.8 Å². The number of halogens is 1. The summed E-state index contributed by atoms with van der Waals surface area (Å²) in [6.07, 6.45) is 1.68. The molecule has 1 aromatic carbocycles. The monoisotopic (exact) mass is 387 g/mol. The van der Waals surface area contributed by atoms with E-state index in [1.807, 2.05) is 13.0 Å². The van der Waals surface area contributed by atoms with E-state index >= 15 is 0 Å². The Balaban J connectivity index is 0.000000235. The van der Waals surface area contributed by atoms with Crippen molar-refractivity contribution in [2.45, 2.75) is 25.7 Å². The van der Waals surface area contributed by atoms with Crippen molar-refractivity contribution < 1.29 is 17.6 Å². The van der Waals surface area contributed by atoms with Crippen LogP contribution in [-0.2, 0) is 10.1 Å². The molecule has 2 rings (SSSR count). The number of aryl methyl sites for hydroxylation is 3. The number of pyridine rings is 1. The number of hydrogen-bond acceptors (Lipinski definition) is 5. The number of anilines is 1. The molecule has 8 heteroatoms. The summed E-state index contributed by atoms with van der Waals surface area (Å²) < 4.78 is 34.8. The van der Waals surface area contributed by atoms with Gasteiger partial charge >= 0.3 is 0 Å². The number of benzene rings is 1. The number of nitrogens with two attached hydrogens (primary N) is 2. The minimum absolute atomic E-state index is 0.0851. The summed E-state index contributed by atoms with van der Waals surface area (Å²) in [5, 5.41) is 0. The highest BCUT2D eigenvalue weighted by atomic mass is 79.9. The van der Waals surface area contributed by atoms with Gasteiger partial charge in [0.25, 0.3) is 5.82 Å². The first-order valence-electron chi connectivity index (χ1n) is 6.28. The normalized spacial score (nSPS) is 10.8. The van der Waals surface area contributed by atoms with Gasteiger partial charge in [0.1, 0.15) is 16.3 Å². The van der Waals surface area contributed by atoms with Gasteiger partial charge in [-0.15, -0.1) is 4.68 Å². The molecular weight excluding hydrogens is 370 g/mol. The zero-order valence-electron chi connectivity index (χ0n) is 12.5. The molecule has 6 nitrogen and oxygen atoms in total. The molecule has 1 heterocycles. The van der Waals surface area contributed by atoms with E-state index in [-0.39, 0.29) is 4.90 Å². The first-order chi connectivity index (χ1) is 10.0. The fourth-order valence-electron chi connectivity index (χ4n) is 2.06. The lowest BCUT2D eigenvalue weighted by molar-refractivity contribution is -0.623. The standard InChI is InChI=1S/C9H12O3S.C5H6BrN3/c1-6-4-7(2)9(8(3)5-6)13(10,11)12;6-4-1-2-9(8)5(7)3-4/h4-5H,1-3H3,(H,10,11,12);1-3,7H,8H2. The fraction of sp³-hybridized carbons (Fsp3) is 0.214. The molecule has 0 fully saturated rings. The van der Waals surface area contributed by atoms with E-state index in [4.69, 9.17) is 11.6 Å². The van der Waals surface area contributed by atoms with Crippen LogP contribution in [0.1, 0.15) is 16.7 Å². The van der Waals surface area contributed by atoms with Gasteiger partial charge in [-0.2, -0.15) is 0 Å². The highest BCUT2D eigenvalue weighted by Crippen LogP contribution is 2.20. The molecule has 0 aliphatic carbocycles. The molecular formula is C14H18BrN3O3S. The van der Waals surface area contributed by atoms with Gasteiger partial charge in [-0.25, -0.2) is 8.42 Å². The smallest absolute Gasteiger partial charge is 0.296 e. The predicted molar refractivity (Wildman–Crippen MR) is 87.5 cm³/mol. The summed E-state index contributed by atoms with van der Waals surface area (Å²) in [4.78, 5) is -0.0851. The van der Waals surface area contributed by atoms with Crippen molar-refractivity contribution in [3.63, 3.8) is 0 Å². The Kier molecular flexibility index (Phi) is 5.92. The maximum absolute atomic E-state index is 10.8. The predicted octanol–water partition coefficient (Wildman–Crippen LogP) is 1.55. The number of rotatable bonds is 1. The number of nitrogens with zero attached hydrogens (tertiary/aromatic N) is 1. The molecule has 0 bridgehead atoms. The van der Waals surface area contributed by atoms with Crippen LogP contribution in [0.3, 0.4) is 0 Å². The van der Waals surface area contributed by atoms with Gasteiger partial charge in [-0.1, -0.05) is 33.6 Å². The van der Waals surface area contributed by atoms with Crippen LogP contribution in [-0.4, -0.2) is 13.0 Å². The Morgan fingerprint density at radius 1 is 1.14 bits per heavy atom. The molecule has 0 unspecified atom stereocenters. The lowest BCUT2D eigenvalue weighted by Gasteiger charge is -2.14. The molecule has 22 heavy (non-hydrogen) atoms. The second-order valence-corrected chi connectivity index (χ2v) is 7.09. The summed E-state index contributed by atoms with van der Waals surface area (Å²) in [6, 6.07) is 6.94. The Bertz CT molecular complexity index is 769. The van der Waals surface area contributed by atoms with E-state index in [0.29, 0.717) is 16.9 Å². The minimum Gasteiger partial charge on any atom is -0.744 e. The van der Waals surface area contributed by atoms with Crippen molar-refractivity contribution in [2.24, 2.45) is 0 Å². The van der Waals surface area contributed by atoms with E-state index in [2.05, 4.69) is 15.9 Å². The summed E-state index contributed by atoms with van der Waals surface area (Å²) in [5.74, 6) is 5.89. The van der Waals surface area contributed by atoms with E-state index in [1.165, 1.54) is 4.68 Å². The number of aromatic nitrogens is 1. The van der Waals surface area contributed by atoms with E-state index < -0.39 is 10.1 Å². The van der Waals surface area contributed by atoms with Gasteiger partial charge in [0.15, 0.2) is 0 Å². The highest BCUT2D eigenvalue weighted by Gasteiger charge is 2.09. The molecule has 0 spiro atoms. The molecule has 0 radical (unpaired) electrons. The van der Waals surface area contributed by atoms with Crippen LogP contribution >= 0.6 is 15.9 Å². The molecule has 0 saturated heterocycles. The van der Waals surface area contributed by atoms with Crippen LogP contribution in [0.5, 0.6) is 0 Å².